The fraction of sp³-hybridized carbons (Fsp3) is 0.538. The highest BCUT2D eigenvalue weighted by Crippen LogP contribution is 2.12. The maximum atomic E-state index is 11.4. The summed E-state index contributed by atoms with van der Waals surface area (Å²) in [5, 5.41) is 0. The van der Waals surface area contributed by atoms with Crippen molar-refractivity contribution in [1.82, 2.24) is 0 Å². The van der Waals surface area contributed by atoms with Crippen molar-refractivity contribution in [2.75, 3.05) is 18.1 Å². The second-order valence-electron chi connectivity index (χ2n) is 4.32. The van der Waals surface area contributed by atoms with Gasteiger partial charge in [0.15, 0.2) is 0 Å². The highest BCUT2D eigenvalue weighted by Gasteiger charge is 2.13. The molecule has 1 aromatic carbocycles. The Morgan fingerprint density at radius 1 is 1.24 bits per heavy atom. The van der Waals surface area contributed by atoms with E-state index in [-0.39, 0.29) is 17.4 Å². The van der Waals surface area contributed by atoms with Gasteiger partial charge in [0.05, 0.1) is 5.75 Å². The van der Waals surface area contributed by atoms with Gasteiger partial charge in [0.2, 0.25) is 0 Å². The van der Waals surface area contributed by atoms with Gasteiger partial charge < -0.3 is 5.73 Å². The Labute approximate surface area is 104 Å². The monoisotopic (exact) mass is 255 g/mol. The molecule has 0 saturated carbocycles. The summed E-state index contributed by atoms with van der Waals surface area (Å²) >= 11 is 0. The molecule has 17 heavy (non-hydrogen) atoms. The van der Waals surface area contributed by atoms with Gasteiger partial charge >= 0.3 is 0 Å². The van der Waals surface area contributed by atoms with E-state index in [9.17, 15) is 8.42 Å². The normalized spacial score (nSPS) is 13.5. The third-order valence-corrected chi connectivity index (χ3v) is 4.71. The zero-order valence-corrected chi connectivity index (χ0v) is 11.1. The Bertz CT molecular complexity index is 414. The second-order valence-corrected chi connectivity index (χ2v) is 6.79. The summed E-state index contributed by atoms with van der Waals surface area (Å²) in [4.78, 5) is 0. The Hall–Kier alpha value is -0.870. The first-order valence-electron chi connectivity index (χ1n) is 6.02. The van der Waals surface area contributed by atoms with Crippen LogP contribution in [0.1, 0.15) is 18.9 Å². The van der Waals surface area contributed by atoms with Gasteiger partial charge in [-0.25, -0.2) is 8.42 Å². The molecule has 3 nitrogen and oxygen atoms in total. The smallest absolute Gasteiger partial charge is 0.150 e. The molecule has 0 aliphatic carbocycles. The standard InChI is InChI=1S/C13H21NO2S/c1-2-17(15,16)9-8-13(11-14)10-12-6-4-3-5-7-12/h3-7,13H,2,8-11,14H2,1H3. The lowest BCUT2D eigenvalue weighted by molar-refractivity contribution is 0.511. The highest BCUT2D eigenvalue weighted by molar-refractivity contribution is 7.91. The number of hydrogen-bond donors (Lipinski definition) is 1. The largest absolute Gasteiger partial charge is 0.330 e. The second kappa shape index (κ2) is 6.77. The maximum Gasteiger partial charge on any atom is 0.150 e. The number of benzene rings is 1. The van der Waals surface area contributed by atoms with Gasteiger partial charge in [0, 0.05) is 5.75 Å². The van der Waals surface area contributed by atoms with Gasteiger partial charge in [-0.2, -0.15) is 0 Å². The van der Waals surface area contributed by atoms with E-state index >= 15 is 0 Å². The number of nitrogens with two attached hydrogens (primary N) is 1. The molecule has 0 saturated heterocycles. The third kappa shape index (κ3) is 5.33. The first-order valence-corrected chi connectivity index (χ1v) is 7.84. The highest BCUT2D eigenvalue weighted by atomic mass is 32.2. The van der Waals surface area contributed by atoms with Crippen LogP contribution in [-0.2, 0) is 16.3 Å². The molecule has 4 heteroatoms. The predicted molar refractivity (Wildman–Crippen MR) is 71.6 cm³/mol. The van der Waals surface area contributed by atoms with E-state index in [2.05, 4.69) is 12.1 Å². The molecule has 1 aromatic rings. The van der Waals surface area contributed by atoms with Gasteiger partial charge in [-0.1, -0.05) is 37.3 Å². The van der Waals surface area contributed by atoms with Crippen molar-refractivity contribution in [2.45, 2.75) is 19.8 Å². The van der Waals surface area contributed by atoms with Crippen molar-refractivity contribution in [1.29, 1.82) is 0 Å². The molecule has 0 aromatic heterocycles. The molecule has 1 rings (SSSR count). The maximum absolute atomic E-state index is 11.4. The lowest BCUT2D eigenvalue weighted by Crippen LogP contribution is -2.21. The lowest BCUT2D eigenvalue weighted by Gasteiger charge is -2.14. The average molecular weight is 255 g/mol. The fourth-order valence-corrected chi connectivity index (χ4v) is 2.72. The molecule has 1 atom stereocenters. The number of sulfone groups is 1. The van der Waals surface area contributed by atoms with Crippen LogP contribution in [0.25, 0.3) is 0 Å². The zero-order chi connectivity index (χ0) is 12.7. The summed E-state index contributed by atoms with van der Waals surface area (Å²) in [5.74, 6) is 0.715. The molecule has 0 bridgehead atoms. The van der Waals surface area contributed by atoms with Crippen LogP contribution in [0.4, 0.5) is 0 Å². The number of hydrogen-bond acceptors (Lipinski definition) is 3. The predicted octanol–water partition coefficient (Wildman–Crippen LogP) is 1.63. The molecule has 0 fully saturated rings. The Morgan fingerprint density at radius 2 is 1.88 bits per heavy atom. The summed E-state index contributed by atoms with van der Waals surface area (Å²) in [7, 11) is -2.87. The SMILES string of the molecule is CCS(=O)(=O)CCC(CN)Cc1ccccc1. The Morgan fingerprint density at radius 3 is 2.41 bits per heavy atom. The van der Waals surface area contributed by atoms with Crippen LogP contribution in [-0.4, -0.2) is 26.5 Å². The van der Waals surface area contributed by atoms with E-state index < -0.39 is 9.84 Å². The molecule has 0 heterocycles. The summed E-state index contributed by atoms with van der Waals surface area (Å²) in [6, 6.07) is 10.1. The molecular weight excluding hydrogens is 234 g/mol. The molecule has 0 radical (unpaired) electrons. The molecule has 1 unspecified atom stereocenters. The van der Waals surface area contributed by atoms with Crippen LogP contribution in [0, 0.1) is 5.92 Å². The van der Waals surface area contributed by atoms with Crippen LogP contribution in [0.15, 0.2) is 30.3 Å². The van der Waals surface area contributed by atoms with E-state index in [1.165, 1.54) is 5.56 Å². The summed E-state index contributed by atoms with van der Waals surface area (Å²) in [5.41, 5.74) is 6.92. The minimum absolute atomic E-state index is 0.218. The van der Waals surface area contributed by atoms with Crippen molar-refractivity contribution in [2.24, 2.45) is 11.7 Å². The quantitative estimate of drug-likeness (QED) is 0.805. The van der Waals surface area contributed by atoms with Crippen molar-refractivity contribution < 1.29 is 8.42 Å². The van der Waals surface area contributed by atoms with Crippen molar-refractivity contribution in [3.63, 3.8) is 0 Å². The van der Waals surface area contributed by atoms with E-state index in [1.54, 1.807) is 6.92 Å². The fourth-order valence-electron chi connectivity index (χ4n) is 1.74. The van der Waals surface area contributed by atoms with Crippen LogP contribution >= 0.6 is 0 Å². The van der Waals surface area contributed by atoms with Crippen molar-refractivity contribution in [3.8, 4) is 0 Å². The van der Waals surface area contributed by atoms with Crippen LogP contribution in [0.5, 0.6) is 0 Å². The van der Waals surface area contributed by atoms with E-state index in [1.807, 2.05) is 18.2 Å². The van der Waals surface area contributed by atoms with Crippen LogP contribution in [0.2, 0.25) is 0 Å². The van der Waals surface area contributed by atoms with Gasteiger partial charge in [-0.05, 0) is 30.9 Å². The molecule has 2 N–H and O–H groups in total. The molecule has 0 amide bonds. The van der Waals surface area contributed by atoms with E-state index in [0.29, 0.717) is 13.0 Å². The molecule has 96 valence electrons. The van der Waals surface area contributed by atoms with E-state index in [4.69, 9.17) is 5.73 Å². The van der Waals surface area contributed by atoms with Gasteiger partial charge in [0.25, 0.3) is 0 Å². The first kappa shape index (κ1) is 14.2. The van der Waals surface area contributed by atoms with Crippen LogP contribution in [0.3, 0.4) is 0 Å². The van der Waals surface area contributed by atoms with Crippen LogP contribution < -0.4 is 5.73 Å². The summed E-state index contributed by atoms with van der Waals surface area (Å²) in [6.07, 6.45) is 1.51. The molecule has 0 aliphatic rings. The van der Waals surface area contributed by atoms with Gasteiger partial charge in [-0.15, -0.1) is 0 Å². The molecule has 0 aliphatic heterocycles. The molecule has 0 spiro atoms. The topological polar surface area (TPSA) is 60.2 Å². The zero-order valence-electron chi connectivity index (χ0n) is 10.3. The van der Waals surface area contributed by atoms with Gasteiger partial charge in [0.1, 0.15) is 9.84 Å². The minimum Gasteiger partial charge on any atom is -0.330 e. The van der Waals surface area contributed by atoms with Crippen molar-refractivity contribution in [3.05, 3.63) is 35.9 Å². The Balaban J connectivity index is 2.50. The minimum atomic E-state index is -2.87. The molecular formula is C13H21NO2S. The number of rotatable bonds is 7. The lowest BCUT2D eigenvalue weighted by atomic mass is 9.97. The first-order chi connectivity index (χ1) is 8.07. The Kier molecular flexibility index (Phi) is 5.65. The summed E-state index contributed by atoms with van der Waals surface area (Å²) < 4.78 is 22.9. The summed E-state index contributed by atoms with van der Waals surface area (Å²) in [6.45, 7) is 2.22. The van der Waals surface area contributed by atoms with Crippen molar-refractivity contribution >= 4 is 9.84 Å². The average Bonchev–Trinajstić information content (AvgIpc) is 2.35. The van der Waals surface area contributed by atoms with Gasteiger partial charge in [-0.3, -0.25) is 0 Å². The van der Waals surface area contributed by atoms with E-state index in [0.717, 1.165) is 6.42 Å². The third-order valence-electron chi connectivity index (χ3n) is 2.98.